The summed E-state index contributed by atoms with van der Waals surface area (Å²) < 4.78 is 5.32. The molecule has 0 bridgehead atoms. The van der Waals surface area contributed by atoms with Crippen LogP contribution in [0.4, 0.5) is 0 Å². The van der Waals surface area contributed by atoms with Crippen LogP contribution >= 0.6 is 11.8 Å². The molecule has 1 fully saturated rings. The van der Waals surface area contributed by atoms with Crippen LogP contribution in [0, 0.1) is 0 Å². The van der Waals surface area contributed by atoms with Crippen molar-refractivity contribution in [3.05, 3.63) is 11.7 Å². The van der Waals surface area contributed by atoms with Crippen LogP contribution in [0.2, 0.25) is 0 Å². The zero-order valence-corrected chi connectivity index (χ0v) is 10.0. The summed E-state index contributed by atoms with van der Waals surface area (Å²) in [5.41, 5.74) is 0. The second-order valence-electron chi connectivity index (χ2n) is 3.91. The van der Waals surface area contributed by atoms with Crippen molar-refractivity contribution in [1.29, 1.82) is 0 Å². The van der Waals surface area contributed by atoms with Crippen LogP contribution in [-0.4, -0.2) is 29.5 Å². The molecule has 1 aliphatic carbocycles. The maximum atomic E-state index is 5.32. The fraction of sp³-hybridized carbons (Fsp3) is 0.800. The van der Waals surface area contributed by atoms with Crippen molar-refractivity contribution in [3.8, 4) is 0 Å². The van der Waals surface area contributed by atoms with Crippen LogP contribution in [0.1, 0.15) is 36.9 Å². The van der Waals surface area contributed by atoms with E-state index in [2.05, 4.69) is 15.5 Å². The standard InChI is InChI=1S/C10H17N3OS/c1-11-8-5-3-4-7(8)10-12-9(6-15-2)13-14-10/h7-8,11H,3-6H2,1-2H3. The quantitative estimate of drug-likeness (QED) is 0.850. The lowest BCUT2D eigenvalue weighted by atomic mass is 10.0. The Balaban J connectivity index is 2.07. The van der Waals surface area contributed by atoms with E-state index in [9.17, 15) is 0 Å². The Labute approximate surface area is 94.2 Å². The van der Waals surface area contributed by atoms with E-state index in [1.807, 2.05) is 13.3 Å². The van der Waals surface area contributed by atoms with Gasteiger partial charge in [0.05, 0.1) is 11.7 Å². The maximum absolute atomic E-state index is 5.32. The molecule has 2 unspecified atom stereocenters. The molecular formula is C10H17N3OS. The van der Waals surface area contributed by atoms with E-state index in [1.165, 1.54) is 12.8 Å². The van der Waals surface area contributed by atoms with Gasteiger partial charge in [0.15, 0.2) is 5.82 Å². The highest BCUT2D eigenvalue weighted by atomic mass is 32.2. The predicted octanol–water partition coefficient (Wildman–Crippen LogP) is 1.79. The van der Waals surface area contributed by atoms with Crippen molar-refractivity contribution in [2.45, 2.75) is 37.0 Å². The van der Waals surface area contributed by atoms with Gasteiger partial charge in [-0.05, 0) is 26.1 Å². The smallest absolute Gasteiger partial charge is 0.231 e. The summed E-state index contributed by atoms with van der Waals surface area (Å²) in [6.45, 7) is 0. The Morgan fingerprint density at radius 1 is 1.53 bits per heavy atom. The van der Waals surface area contributed by atoms with Gasteiger partial charge in [0.25, 0.3) is 0 Å². The van der Waals surface area contributed by atoms with Gasteiger partial charge in [-0.1, -0.05) is 11.6 Å². The Morgan fingerprint density at radius 2 is 2.40 bits per heavy atom. The molecule has 1 aliphatic rings. The van der Waals surface area contributed by atoms with Crippen molar-refractivity contribution in [3.63, 3.8) is 0 Å². The lowest BCUT2D eigenvalue weighted by Gasteiger charge is -2.14. The molecule has 1 N–H and O–H groups in total. The fourth-order valence-electron chi connectivity index (χ4n) is 2.21. The zero-order valence-electron chi connectivity index (χ0n) is 9.19. The van der Waals surface area contributed by atoms with Gasteiger partial charge in [-0.15, -0.1) is 0 Å². The monoisotopic (exact) mass is 227 g/mol. The minimum absolute atomic E-state index is 0.415. The molecule has 0 amide bonds. The average molecular weight is 227 g/mol. The summed E-state index contributed by atoms with van der Waals surface area (Å²) in [5, 5.41) is 7.31. The van der Waals surface area contributed by atoms with Crippen molar-refractivity contribution in [2.75, 3.05) is 13.3 Å². The largest absolute Gasteiger partial charge is 0.339 e. The highest BCUT2D eigenvalue weighted by Crippen LogP contribution is 2.33. The second-order valence-corrected chi connectivity index (χ2v) is 4.78. The van der Waals surface area contributed by atoms with E-state index >= 15 is 0 Å². The van der Waals surface area contributed by atoms with E-state index in [0.29, 0.717) is 12.0 Å². The minimum atomic E-state index is 0.415. The Hall–Kier alpha value is -0.550. The Kier molecular flexibility index (Phi) is 3.64. The summed E-state index contributed by atoms with van der Waals surface area (Å²) >= 11 is 1.72. The molecule has 0 spiro atoms. The van der Waals surface area contributed by atoms with Gasteiger partial charge in [0.2, 0.25) is 5.89 Å². The first kappa shape index (κ1) is 11.0. The molecule has 15 heavy (non-hydrogen) atoms. The molecule has 1 aromatic rings. The van der Waals surface area contributed by atoms with E-state index in [1.54, 1.807) is 11.8 Å². The first-order chi connectivity index (χ1) is 7.35. The first-order valence-corrected chi connectivity index (χ1v) is 6.73. The van der Waals surface area contributed by atoms with Crippen molar-refractivity contribution in [1.82, 2.24) is 15.5 Å². The predicted molar refractivity (Wildman–Crippen MR) is 61.0 cm³/mol. The SMILES string of the molecule is CNC1CCCC1c1nc(CSC)no1. The number of thioether (sulfide) groups is 1. The van der Waals surface area contributed by atoms with Crippen LogP contribution < -0.4 is 5.32 Å². The normalized spacial score (nSPS) is 26.0. The van der Waals surface area contributed by atoms with Gasteiger partial charge in [0, 0.05) is 6.04 Å². The Morgan fingerprint density at radius 3 is 3.13 bits per heavy atom. The molecule has 2 rings (SSSR count). The zero-order chi connectivity index (χ0) is 10.7. The van der Waals surface area contributed by atoms with Gasteiger partial charge in [-0.2, -0.15) is 16.7 Å². The van der Waals surface area contributed by atoms with Crippen LogP contribution in [-0.2, 0) is 5.75 Å². The van der Waals surface area contributed by atoms with Gasteiger partial charge >= 0.3 is 0 Å². The van der Waals surface area contributed by atoms with E-state index in [0.717, 1.165) is 23.9 Å². The third-order valence-electron chi connectivity index (χ3n) is 2.96. The van der Waals surface area contributed by atoms with E-state index in [4.69, 9.17) is 4.52 Å². The average Bonchev–Trinajstić information content (AvgIpc) is 2.84. The summed E-state index contributed by atoms with van der Waals surface area (Å²) in [6, 6.07) is 0.507. The number of rotatable bonds is 4. The fourth-order valence-corrected chi connectivity index (χ4v) is 2.58. The summed E-state index contributed by atoms with van der Waals surface area (Å²) in [7, 11) is 2.00. The van der Waals surface area contributed by atoms with Gasteiger partial charge in [-0.3, -0.25) is 0 Å². The summed E-state index contributed by atoms with van der Waals surface area (Å²) in [6.07, 6.45) is 5.66. The summed E-state index contributed by atoms with van der Waals surface area (Å²) in [5.74, 6) is 2.88. The molecule has 4 nitrogen and oxygen atoms in total. The number of likely N-dealkylation sites (N-methyl/N-ethyl adjacent to an activating group) is 1. The molecule has 1 heterocycles. The van der Waals surface area contributed by atoms with Crippen LogP contribution in [0.25, 0.3) is 0 Å². The van der Waals surface area contributed by atoms with Crippen LogP contribution in [0.5, 0.6) is 0 Å². The van der Waals surface area contributed by atoms with Crippen molar-refractivity contribution < 1.29 is 4.52 Å². The van der Waals surface area contributed by atoms with Crippen molar-refractivity contribution >= 4 is 11.8 Å². The Bertz CT molecular complexity index is 315. The molecule has 5 heteroatoms. The minimum Gasteiger partial charge on any atom is -0.339 e. The molecular weight excluding hydrogens is 210 g/mol. The molecule has 1 aromatic heterocycles. The van der Waals surface area contributed by atoms with Gasteiger partial charge < -0.3 is 9.84 Å². The summed E-state index contributed by atoms with van der Waals surface area (Å²) in [4.78, 5) is 4.44. The van der Waals surface area contributed by atoms with Crippen LogP contribution in [0.15, 0.2) is 4.52 Å². The third kappa shape index (κ3) is 2.34. The van der Waals surface area contributed by atoms with Crippen LogP contribution in [0.3, 0.4) is 0 Å². The first-order valence-electron chi connectivity index (χ1n) is 5.34. The lowest BCUT2D eigenvalue weighted by Crippen LogP contribution is -2.27. The third-order valence-corrected chi connectivity index (χ3v) is 3.51. The molecule has 1 saturated carbocycles. The highest BCUT2D eigenvalue weighted by Gasteiger charge is 2.31. The number of nitrogens with zero attached hydrogens (tertiary/aromatic N) is 2. The molecule has 0 radical (unpaired) electrons. The maximum Gasteiger partial charge on any atom is 0.231 e. The molecule has 84 valence electrons. The lowest BCUT2D eigenvalue weighted by molar-refractivity contribution is 0.333. The van der Waals surface area contributed by atoms with E-state index < -0.39 is 0 Å². The second kappa shape index (κ2) is 4.99. The van der Waals surface area contributed by atoms with E-state index in [-0.39, 0.29) is 0 Å². The topological polar surface area (TPSA) is 51.0 Å². The molecule has 0 saturated heterocycles. The number of aromatic nitrogens is 2. The molecule has 0 aliphatic heterocycles. The number of hydrogen-bond acceptors (Lipinski definition) is 5. The van der Waals surface area contributed by atoms with Gasteiger partial charge in [0.1, 0.15) is 0 Å². The van der Waals surface area contributed by atoms with Gasteiger partial charge in [-0.25, -0.2) is 0 Å². The molecule has 0 aromatic carbocycles. The highest BCUT2D eigenvalue weighted by molar-refractivity contribution is 7.97. The number of nitrogens with one attached hydrogen (secondary N) is 1. The van der Waals surface area contributed by atoms with Crippen molar-refractivity contribution in [2.24, 2.45) is 0 Å². The number of hydrogen-bond donors (Lipinski definition) is 1. The molecule has 2 atom stereocenters.